The summed E-state index contributed by atoms with van der Waals surface area (Å²) in [6, 6.07) is 0.590. The number of aliphatic imine (C=N–C) groups is 1. The van der Waals surface area contributed by atoms with Crippen molar-refractivity contribution >= 4 is 29.9 Å². The zero-order valence-corrected chi connectivity index (χ0v) is 18.5. The van der Waals surface area contributed by atoms with Crippen LogP contribution in [0.5, 0.6) is 0 Å². The topological polar surface area (TPSA) is 58.3 Å². The van der Waals surface area contributed by atoms with E-state index in [9.17, 15) is 0 Å². The molecule has 2 aliphatic carbocycles. The van der Waals surface area contributed by atoms with Crippen LogP contribution in [0.15, 0.2) is 4.99 Å². The molecule has 1 aromatic heterocycles. The largest absolute Gasteiger partial charge is 0.353 e. The smallest absolute Gasteiger partial charge is 0.194 e. The highest BCUT2D eigenvalue weighted by molar-refractivity contribution is 14.0. The number of likely N-dealkylation sites (tertiary alicyclic amines) is 1. The van der Waals surface area contributed by atoms with E-state index in [-0.39, 0.29) is 24.0 Å². The van der Waals surface area contributed by atoms with Gasteiger partial charge in [0.2, 0.25) is 0 Å². The number of nitrogens with zero attached hydrogens (tertiary/aromatic N) is 5. The van der Waals surface area contributed by atoms with Crippen molar-refractivity contribution in [3.8, 4) is 0 Å². The second-order valence-corrected chi connectivity index (χ2v) is 8.37. The maximum atomic E-state index is 4.98. The van der Waals surface area contributed by atoms with Gasteiger partial charge in [0.05, 0.1) is 0 Å². The Bertz CT molecular complexity index is 630. The molecule has 0 amide bonds. The van der Waals surface area contributed by atoms with Gasteiger partial charge >= 0.3 is 0 Å². The number of aryl methyl sites for hydroxylation is 1. The van der Waals surface area contributed by atoms with E-state index in [2.05, 4.69) is 20.4 Å². The molecule has 7 heteroatoms. The molecular weight excluding hydrogens is 439 g/mol. The summed E-state index contributed by atoms with van der Waals surface area (Å²) in [4.78, 5) is 7.49. The molecule has 146 valence electrons. The molecule has 0 bridgehead atoms. The molecule has 0 radical (unpaired) electrons. The first-order valence-corrected chi connectivity index (χ1v) is 10.1. The molecule has 1 aliphatic heterocycles. The van der Waals surface area contributed by atoms with Gasteiger partial charge in [0, 0.05) is 26.2 Å². The summed E-state index contributed by atoms with van der Waals surface area (Å²) in [7, 11) is 2.02. The standard InChI is InChI=1S/C19H32N6.HI/c1-15-22-23-17(24(15)2)13-20-18(21-16-7-4-3-5-8-16)25-12-11-19(14-25)9-6-10-19;/h16H,3-14H2,1-2H3,(H,20,21);1H. The number of nitrogens with one attached hydrogen (secondary N) is 1. The van der Waals surface area contributed by atoms with Crippen molar-refractivity contribution in [2.24, 2.45) is 17.5 Å². The van der Waals surface area contributed by atoms with E-state index in [0.29, 0.717) is 18.0 Å². The maximum absolute atomic E-state index is 4.98. The molecule has 1 spiro atoms. The SMILES string of the molecule is Cc1nnc(CN=C(NC2CCCCC2)N2CCC3(CCC3)C2)n1C.I. The first-order valence-electron chi connectivity index (χ1n) is 10.1. The molecule has 0 unspecified atom stereocenters. The lowest BCUT2D eigenvalue weighted by molar-refractivity contribution is 0.151. The number of halogens is 1. The molecule has 4 rings (SSSR count). The Morgan fingerprint density at radius 1 is 1.15 bits per heavy atom. The Hall–Kier alpha value is -0.860. The van der Waals surface area contributed by atoms with Gasteiger partial charge in [-0.2, -0.15) is 0 Å². The quantitative estimate of drug-likeness (QED) is 0.416. The fraction of sp³-hybridized carbons (Fsp3) is 0.842. The molecule has 1 N–H and O–H groups in total. The van der Waals surface area contributed by atoms with Gasteiger partial charge in [-0.25, -0.2) is 4.99 Å². The van der Waals surface area contributed by atoms with Crippen molar-refractivity contribution in [2.75, 3.05) is 13.1 Å². The van der Waals surface area contributed by atoms with Gasteiger partial charge in [0.1, 0.15) is 12.4 Å². The van der Waals surface area contributed by atoms with Crippen LogP contribution in [0.4, 0.5) is 0 Å². The van der Waals surface area contributed by atoms with E-state index < -0.39 is 0 Å². The molecule has 0 atom stereocenters. The number of aromatic nitrogens is 3. The fourth-order valence-electron chi connectivity index (χ4n) is 4.60. The summed E-state index contributed by atoms with van der Waals surface area (Å²) in [6.07, 6.45) is 12.2. The zero-order chi connectivity index (χ0) is 17.3. The Morgan fingerprint density at radius 3 is 2.50 bits per heavy atom. The number of guanidine groups is 1. The van der Waals surface area contributed by atoms with Crippen LogP contribution in [0.2, 0.25) is 0 Å². The third-order valence-corrected chi connectivity index (χ3v) is 6.64. The Kier molecular flexibility index (Phi) is 6.45. The third kappa shape index (κ3) is 4.17. The molecule has 2 saturated carbocycles. The van der Waals surface area contributed by atoms with E-state index in [1.807, 2.05) is 18.5 Å². The monoisotopic (exact) mass is 472 g/mol. The van der Waals surface area contributed by atoms with Crippen LogP contribution in [0, 0.1) is 12.3 Å². The first-order chi connectivity index (χ1) is 12.2. The minimum atomic E-state index is 0. The highest BCUT2D eigenvalue weighted by Crippen LogP contribution is 2.47. The van der Waals surface area contributed by atoms with Crippen molar-refractivity contribution in [3.05, 3.63) is 11.6 Å². The lowest BCUT2D eigenvalue weighted by Crippen LogP contribution is -2.47. The van der Waals surface area contributed by atoms with Crippen molar-refractivity contribution in [3.63, 3.8) is 0 Å². The van der Waals surface area contributed by atoms with Crippen molar-refractivity contribution in [2.45, 2.75) is 77.3 Å². The summed E-state index contributed by atoms with van der Waals surface area (Å²) in [5.74, 6) is 3.00. The van der Waals surface area contributed by atoms with Crippen LogP contribution >= 0.6 is 24.0 Å². The lowest BCUT2D eigenvalue weighted by atomic mass is 9.68. The van der Waals surface area contributed by atoms with E-state index >= 15 is 0 Å². The second kappa shape index (κ2) is 8.44. The Labute approximate surface area is 174 Å². The molecular formula is C19H33IN6. The van der Waals surface area contributed by atoms with Crippen LogP contribution in [-0.2, 0) is 13.6 Å². The van der Waals surface area contributed by atoms with Crippen LogP contribution in [0.25, 0.3) is 0 Å². The zero-order valence-electron chi connectivity index (χ0n) is 16.2. The average Bonchev–Trinajstić information content (AvgIpc) is 3.18. The number of hydrogen-bond donors (Lipinski definition) is 1. The van der Waals surface area contributed by atoms with Gasteiger partial charge in [0.25, 0.3) is 0 Å². The molecule has 3 fully saturated rings. The normalized spacial score (nSPS) is 23.0. The van der Waals surface area contributed by atoms with Gasteiger partial charge in [-0.05, 0) is 44.4 Å². The highest BCUT2D eigenvalue weighted by Gasteiger charge is 2.43. The van der Waals surface area contributed by atoms with Crippen molar-refractivity contribution < 1.29 is 0 Å². The fourth-order valence-corrected chi connectivity index (χ4v) is 4.60. The first kappa shape index (κ1) is 19.9. The predicted octanol–water partition coefficient (Wildman–Crippen LogP) is 3.40. The van der Waals surface area contributed by atoms with E-state index in [1.165, 1.54) is 64.3 Å². The molecule has 3 aliphatic rings. The lowest BCUT2D eigenvalue weighted by Gasteiger charge is -2.38. The summed E-state index contributed by atoms with van der Waals surface area (Å²) in [5, 5.41) is 12.2. The van der Waals surface area contributed by atoms with Crippen molar-refractivity contribution in [1.29, 1.82) is 0 Å². The molecule has 0 aromatic carbocycles. The average molecular weight is 472 g/mol. The second-order valence-electron chi connectivity index (χ2n) is 8.37. The van der Waals surface area contributed by atoms with Gasteiger partial charge in [-0.15, -0.1) is 34.2 Å². The molecule has 26 heavy (non-hydrogen) atoms. The van der Waals surface area contributed by atoms with Gasteiger partial charge < -0.3 is 14.8 Å². The molecule has 6 nitrogen and oxygen atoms in total. The highest BCUT2D eigenvalue weighted by atomic mass is 127. The third-order valence-electron chi connectivity index (χ3n) is 6.64. The number of rotatable bonds is 3. The molecule has 1 saturated heterocycles. The van der Waals surface area contributed by atoms with Gasteiger partial charge in [0.15, 0.2) is 11.8 Å². The summed E-state index contributed by atoms with van der Waals surface area (Å²) < 4.78 is 2.04. The van der Waals surface area contributed by atoms with Gasteiger partial charge in [-0.3, -0.25) is 0 Å². The Morgan fingerprint density at radius 2 is 1.92 bits per heavy atom. The summed E-state index contributed by atoms with van der Waals surface area (Å²) in [5.41, 5.74) is 0.594. The van der Waals surface area contributed by atoms with Crippen LogP contribution in [0.1, 0.15) is 69.4 Å². The minimum absolute atomic E-state index is 0. The van der Waals surface area contributed by atoms with E-state index in [1.54, 1.807) is 0 Å². The van der Waals surface area contributed by atoms with Crippen molar-refractivity contribution in [1.82, 2.24) is 25.0 Å². The maximum Gasteiger partial charge on any atom is 0.194 e. The minimum Gasteiger partial charge on any atom is -0.353 e. The van der Waals surface area contributed by atoms with Crippen LogP contribution < -0.4 is 5.32 Å². The Balaban J connectivity index is 0.00000196. The summed E-state index contributed by atoms with van der Waals surface area (Å²) >= 11 is 0. The molecule has 1 aromatic rings. The number of hydrogen-bond acceptors (Lipinski definition) is 3. The van der Waals surface area contributed by atoms with Crippen LogP contribution in [0.3, 0.4) is 0 Å². The summed E-state index contributed by atoms with van der Waals surface area (Å²) in [6.45, 7) is 4.93. The molecule has 2 heterocycles. The van der Waals surface area contributed by atoms with Crippen LogP contribution in [-0.4, -0.2) is 44.8 Å². The van der Waals surface area contributed by atoms with E-state index in [0.717, 1.165) is 24.2 Å². The predicted molar refractivity (Wildman–Crippen MR) is 115 cm³/mol. The van der Waals surface area contributed by atoms with Gasteiger partial charge in [-0.1, -0.05) is 25.7 Å². The van der Waals surface area contributed by atoms with E-state index in [4.69, 9.17) is 4.99 Å².